The Morgan fingerprint density at radius 1 is 1.14 bits per heavy atom. The first kappa shape index (κ1) is 16.5. The summed E-state index contributed by atoms with van der Waals surface area (Å²) in [5, 5.41) is 3.34. The smallest absolute Gasteiger partial charge is 0.137 e. The van der Waals surface area contributed by atoms with Crippen LogP contribution in [0.25, 0.3) is 0 Å². The topological polar surface area (TPSA) is 12.0 Å². The molecule has 5 heteroatoms. The van der Waals surface area contributed by atoms with Crippen molar-refractivity contribution in [2.45, 2.75) is 29.7 Å². The van der Waals surface area contributed by atoms with Gasteiger partial charge in [-0.1, -0.05) is 34.6 Å². The SMILES string of the molecule is CCNC(C)c1cc(Br)ccc1Sc1cc(F)ccc1F. The summed E-state index contributed by atoms with van der Waals surface area (Å²) in [5.41, 5.74) is 1.06. The summed E-state index contributed by atoms with van der Waals surface area (Å²) < 4.78 is 28.1. The van der Waals surface area contributed by atoms with Crippen LogP contribution in [0.1, 0.15) is 25.5 Å². The summed E-state index contributed by atoms with van der Waals surface area (Å²) in [5.74, 6) is -0.844. The molecule has 0 aliphatic heterocycles. The van der Waals surface area contributed by atoms with Crippen molar-refractivity contribution in [3.8, 4) is 0 Å². The van der Waals surface area contributed by atoms with Crippen LogP contribution in [0.3, 0.4) is 0 Å². The average Bonchev–Trinajstić information content (AvgIpc) is 2.45. The first-order valence-electron chi connectivity index (χ1n) is 6.67. The van der Waals surface area contributed by atoms with Gasteiger partial charge in [0.25, 0.3) is 0 Å². The summed E-state index contributed by atoms with van der Waals surface area (Å²) in [4.78, 5) is 1.21. The van der Waals surface area contributed by atoms with Gasteiger partial charge in [-0.15, -0.1) is 0 Å². The van der Waals surface area contributed by atoms with Gasteiger partial charge < -0.3 is 5.32 Å². The van der Waals surface area contributed by atoms with Crippen molar-refractivity contribution >= 4 is 27.7 Å². The molecular formula is C16H16BrF2NS. The van der Waals surface area contributed by atoms with Crippen LogP contribution in [0, 0.1) is 11.6 Å². The van der Waals surface area contributed by atoms with E-state index in [4.69, 9.17) is 0 Å². The molecular weight excluding hydrogens is 356 g/mol. The van der Waals surface area contributed by atoms with Gasteiger partial charge in [-0.2, -0.15) is 0 Å². The molecule has 0 saturated carbocycles. The van der Waals surface area contributed by atoms with Gasteiger partial charge in [0.05, 0.1) is 4.90 Å². The highest BCUT2D eigenvalue weighted by Crippen LogP contribution is 2.36. The molecule has 1 atom stereocenters. The molecule has 0 fully saturated rings. The van der Waals surface area contributed by atoms with E-state index >= 15 is 0 Å². The van der Waals surface area contributed by atoms with E-state index in [-0.39, 0.29) is 6.04 Å². The Kier molecular flexibility index (Phi) is 5.79. The highest BCUT2D eigenvalue weighted by atomic mass is 79.9. The van der Waals surface area contributed by atoms with Gasteiger partial charge in [0.1, 0.15) is 11.6 Å². The molecule has 1 N–H and O–H groups in total. The second-order valence-electron chi connectivity index (χ2n) is 4.64. The fourth-order valence-electron chi connectivity index (χ4n) is 2.04. The first-order chi connectivity index (χ1) is 10.0. The van der Waals surface area contributed by atoms with Crippen LogP contribution in [0.4, 0.5) is 8.78 Å². The molecule has 0 heterocycles. The van der Waals surface area contributed by atoms with Crippen LogP contribution in [-0.2, 0) is 0 Å². The maximum atomic E-state index is 13.8. The van der Waals surface area contributed by atoms with E-state index in [1.54, 1.807) is 0 Å². The van der Waals surface area contributed by atoms with Crippen molar-refractivity contribution < 1.29 is 8.78 Å². The zero-order valence-corrected chi connectivity index (χ0v) is 14.2. The molecule has 112 valence electrons. The minimum absolute atomic E-state index is 0.131. The van der Waals surface area contributed by atoms with E-state index in [0.29, 0.717) is 4.90 Å². The second-order valence-corrected chi connectivity index (χ2v) is 6.64. The average molecular weight is 372 g/mol. The van der Waals surface area contributed by atoms with Crippen molar-refractivity contribution in [2.75, 3.05) is 6.54 Å². The van der Waals surface area contributed by atoms with E-state index in [0.717, 1.165) is 33.6 Å². The fourth-order valence-corrected chi connectivity index (χ4v) is 3.48. The van der Waals surface area contributed by atoms with Crippen molar-refractivity contribution in [1.29, 1.82) is 0 Å². The normalized spacial score (nSPS) is 12.4. The molecule has 1 unspecified atom stereocenters. The molecule has 0 radical (unpaired) electrons. The van der Waals surface area contributed by atoms with Gasteiger partial charge in [-0.05, 0) is 55.4 Å². The van der Waals surface area contributed by atoms with Crippen LogP contribution >= 0.6 is 27.7 Å². The van der Waals surface area contributed by atoms with Gasteiger partial charge in [0, 0.05) is 15.4 Å². The number of hydrogen-bond donors (Lipinski definition) is 1. The predicted molar refractivity (Wildman–Crippen MR) is 86.7 cm³/mol. The van der Waals surface area contributed by atoms with Crippen molar-refractivity contribution in [3.05, 3.63) is 58.1 Å². The highest BCUT2D eigenvalue weighted by Gasteiger charge is 2.14. The van der Waals surface area contributed by atoms with E-state index in [9.17, 15) is 8.78 Å². The Morgan fingerprint density at radius 2 is 1.90 bits per heavy atom. The maximum absolute atomic E-state index is 13.8. The molecule has 2 aromatic carbocycles. The van der Waals surface area contributed by atoms with Gasteiger partial charge >= 0.3 is 0 Å². The van der Waals surface area contributed by atoms with Crippen LogP contribution in [0.15, 0.2) is 50.7 Å². The quantitative estimate of drug-likeness (QED) is 0.739. The Labute approximate surface area is 136 Å². The second kappa shape index (κ2) is 7.38. The maximum Gasteiger partial charge on any atom is 0.137 e. The Hall–Kier alpha value is -0.910. The van der Waals surface area contributed by atoms with E-state index in [2.05, 4.69) is 28.2 Å². The van der Waals surface area contributed by atoms with Crippen LogP contribution in [0.2, 0.25) is 0 Å². The van der Waals surface area contributed by atoms with Crippen molar-refractivity contribution in [3.63, 3.8) is 0 Å². The molecule has 0 amide bonds. The zero-order valence-electron chi connectivity index (χ0n) is 11.8. The number of rotatable bonds is 5. The van der Waals surface area contributed by atoms with Crippen molar-refractivity contribution in [2.24, 2.45) is 0 Å². The molecule has 0 spiro atoms. The van der Waals surface area contributed by atoms with Gasteiger partial charge in [0.2, 0.25) is 0 Å². The van der Waals surface area contributed by atoms with E-state index in [1.165, 1.54) is 17.8 Å². The minimum atomic E-state index is -0.433. The zero-order chi connectivity index (χ0) is 15.4. The van der Waals surface area contributed by atoms with Gasteiger partial charge in [-0.25, -0.2) is 8.78 Å². The summed E-state index contributed by atoms with van der Waals surface area (Å²) in [7, 11) is 0. The lowest BCUT2D eigenvalue weighted by Gasteiger charge is -2.17. The molecule has 0 bridgehead atoms. The van der Waals surface area contributed by atoms with Gasteiger partial charge in [-0.3, -0.25) is 0 Å². The van der Waals surface area contributed by atoms with Gasteiger partial charge in [0.15, 0.2) is 0 Å². The summed E-state index contributed by atoms with van der Waals surface area (Å²) in [6, 6.07) is 9.47. The summed E-state index contributed by atoms with van der Waals surface area (Å²) >= 11 is 4.70. The third-order valence-electron chi connectivity index (χ3n) is 3.06. The lowest BCUT2D eigenvalue weighted by Crippen LogP contribution is -2.18. The number of nitrogens with one attached hydrogen (secondary N) is 1. The molecule has 2 aromatic rings. The highest BCUT2D eigenvalue weighted by molar-refractivity contribution is 9.10. The number of benzene rings is 2. The number of halogens is 3. The third-order valence-corrected chi connectivity index (χ3v) is 4.68. The molecule has 0 aliphatic carbocycles. The summed E-state index contributed by atoms with van der Waals surface area (Å²) in [6.07, 6.45) is 0. The molecule has 21 heavy (non-hydrogen) atoms. The minimum Gasteiger partial charge on any atom is -0.310 e. The van der Waals surface area contributed by atoms with Crippen molar-refractivity contribution in [1.82, 2.24) is 5.32 Å². The Bertz CT molecular complexity index is 634. The van der Waals surface area contributed by atoms with Crippen LogP contribution < -0.4 is 5.32 Å². The third kappa shape index (κ3) is 4.28. The van der Waals surface area contributed by atoms with Crippen LogP contribution in [-0.4, -0.2) is 6.54 Å². The number of hydrogen-bond acceptors (Lipinski definition) is 2. The molecule has 0 saturated heterocycles. The largest absolute Gasteiger partial charge is 0.310 e. The Morgan fingerprint density at radius 3 is 2.62 bits per heavy atom. The molecule has 0 aromatic heterocycles. The van der Waals surface area contributed by atoms with E-state index < -0.39 is 11.6 Å². The predicted octanol–water partition coefficient (Wildman–Crippen LogP) is 5.55. The fraction of sp³-hybridized carbons (Fsp3) is 0.250. The lowest BCUT2D eigenvalue weighted by molar-refractivity contribution is 0.576. The molecule has 2 rings (SSSR count). The monoisotopic (exact) mass is 371 g/mol. The summed E-state index contributed by atoms with van der Waals surface area (Å²) in [6.45, 7) is 4.93. The van der Waals surface area contributed by atoms with E-state index in [1.807, 2.05) is 25.1 Å². The molecule has 1 nitrogen and oxygen atoms in total. The lowest BCUT2D eigenvalue weighted by atomic mass is 10.1. The first-order valence-corrected chi connectivity index (χ1v) is 8.28. The molecule has 0 aliphatic rings. The Balaban J connectivity index is 2.37. The van der Waals surface area contributed by atoms with Crippen LogP contribution in [0.5, 0.6) is 0 Å². The standard InChI is InChI=1S/C16H16BrF2NS/c1-3-20-10(2)13-8-11(17)4-7-15(13)21-16-9-12(18)5-6-14(16)19/h4-10,20H,3H2,1-2H3.